The first-order valence-corrected chi connectivity index (χ1v) is 14.6. The number of nitrogens with zero attached hydrogens (tertiary/aromatic N) is 6. The fourth-order valence-electron chi connectivity index (χ4n) is 6.00. The topological polar surface area (TPSA) is 87.3 Å². The van der Waals surface area contributed by atoms with E-state index in [9.17, 15) is 4.79 Å². The minimum atomic E-state index is -0.0694. The number of benzene rings is 1. The van der Waals surface area contributed by atoms with E-state index in [-0.39, 0.29) is 17.8 Å². The molecule has 0 saturated carbocycles. The maximum atomic E-state index is 13.3. The Balaban J connectivity index is 1.21. The van der Waals surface area contributed by atoms with Crippen molar-refractivity contribution in [2.24, 2.45) is 12.5 Å². The molecule has 2 aliphatic heterocycles. The summed E-state index contributed by atoms with van der Waals surface area (Å²) in [5.41, 5.74) is 5.59. The highest BCUT2D eigenvalue weighted by Crippen LogP contribution is 2.32. The predicted octanol–water partition coefficient (Wildman–Crippen LogP) is 4.90. The Morgan fingerprint density at radius 2 is 1.82 bits per heavy atom. The van der Waals surface area contributed by atoms with Crippen molar-refractivity contribution in [3.05, 3.63) is 52.7 Å². The normalized spacial score (nSPS) is 19.4. The Morgan fingerprint density at radius 1 is 1.07 bits per heavy atom. The lowest BCUT2D eigenvalue weighted by atomic mass is 9.83. The molecule has 40 heavy (non-hydrogen) atoms. The molecule has 212 valence electrons. The fraction of sp³-hybridized carbons (Fsp3) is 0.548. The standard InChI is InChI=1S/C31H40N6O3/c1-21(40-18-15-36-13-11-31(2,3)12-14-36)26-7-6-23(20-32-26)22-5-8-27-25(19-22)28-29(34-33-27)35(4)30(38)37(28)24-9-16-39-17-10-24/h5-8,19-21,24H,9-18H2,1-4H3/t21-/m1/s1. The lowest BCUT2D eigenvalue weighted by Gasteiger charge is -2.36. The molecule has 9 nitrogen and oxygen atoms in total. The number of fused-ring (bicyclic) bond motifs is 3. The first kappa shape index (κ1) is 27.1. The van der Waals surface area contributed by atoms with E-state index in [2.05, 4.69) is 54.1 Å². The molecule has 3 aromatic heterocycles. The molecule has 1 aromatic carbocycles. The minimum absolute atomic E-state index is 0.0572. The number of likely N-dealkylation sites (tertiary alicyclic amines) is 1. The zero-order valence-corrected chi connectivity index (χ0v) is 24.1. The maximum absolute atomic E-state index is 13.3. The molecule has 0 amide bonds. The first-order valence-electron chi connectivity index (χ1n) is 14.6. The Labute approximate surface area is 235 Å². The number of hydrogen-bond donors (Lipinski definition) is 0. The highest BCUT2D eigenvalue weighted by atomic mass is 16.5. The molecule has 2 saturated heterocycles. The number of pyridine rings is 1. The highest BCUT2D eigenvalue weighted by molar-refractivity contribution is 6.02. The molecule has 0 aliphatic carbocycles. The van der Waals surface area contributed by atoms with Crippen molar-refractivity contribution in [2.45, 2.75) is 58.6 Å². The van der Waals surface area contributed by atoms with Crippen molar-refractivity contribution >= 4 is 22.1 Å². The van der Waals surface area contributed by atoms with Crippen LogP contribution in [-0.4, -0.2) is 68.7 Å². The molecule has 5 heterocycles. The van der Waals surface area contributed by atoms with Crippen molar-refractivity contribution in [3.8, 4) is 11.1 Å². The molecule has 1 atom stereocenters. The SMILES string of the molecule is C[C@@H](OCCN1CCC(C)(C)CC1)c1ccc(-c2ccc3nnc4c(c3c2)n(C2CCOCC2)c(=O)n4C)cn1. The number of aryl methyl sites for hydroxylation is 1. The van der Waals surface area contributed by atoms with Gasteiger partial charge in [-0.25, -0.2) is 4.79 Å². The summed E-state index contributed by atoms with van der Waals surface area (Å²) < 4.78 is 15.2. The molecule has 0 unspecified atom stereocenters. The maximum Gasteiger partial charge on any atom is 0.330 e. The van der Waals surface area contributed by atoms with Gasteiger partial charge in [0.25, 0.3) is 0 Å². The van der Waals surface area contributed by atoms with Crippen LogP contribution in [0.3, 0.4) is 0 Å². The van der Waals surface area contributed by atoms with Gasteiger partial charge in [0.2, 0.25) is 0 Å². The van der Waals surface area contributed by atoms with E-state index in [0.29, 0.717) is 30.9 Å². The smallest absolute Gasteiger partial charge is 0.330 e. The van der Waals surface area contributed by atoms with E-state index in [1.165, 1.54) is 12.8 Å². The quantitative estimate of drug-likeness (QED) is 0.327. The van der Waals surface area contributed by atoms with E-state index in [1.54, 1.807) is 11.6 Å². The van der Waals surface area contributed by atoms with Gasteiger partial charge < -0.3 is 14.4 Å². The largest absolute Gasteiger partial charge is 0.381 e. The fourth-order valence-corrected chi connectivity index (χ4v) is 6.00. The van der Waals surface area contributed by atoms with Crippen LogP contribution in [0.2, 0.25) is 0 Å². The van der Waals surface area contributed by atoms with Crippen LogP contribution in [0, 0.1) is 5.41 Å². The molecular formula is C31H40N6O3. The summed E-state index contributed by atoms with van der Waals surface area (Å²) in [7, 11) is 1.77. The van der Waals surface area contributed by atoms with Crippen LogP contribution in [0.15, 0.2) is 41.3 Å². The van der Waals surface area contributed by atoms with Gasteiger partial charge in [-0.15, -0.1) is 10.2 Å². The lowest BCUT2D eigenvalue weighted by Crippen LogP contribution is -2.39. The number of aromatic nitrogens is 5. The molecule has 0 bridgehead atoms. The number of hydrogen-bond acceptors (Lipinski definition) is 7. The van der Waals surface area contributed by atoms with E-state index in [4.69, 9.17) is 14.5 Å². The Bertz CT molecular complexity index is 1540. The van der Waals surface area contributed by atoms with E-state index in [1.807, 2.05) is 22.9 Å². The van der Waals surface area contributed by atoms with Gasteiger partial charge in [0.1, 0.15) is 5.52 Å². The molecule has 0 N–H and O–H groups in total. The van der Waals surface area contributed by atoms with Gasteiger partial charge in [0.05, 0.1) is 23.9 Å². The Hall–Kier alpha value is -3.14. The van der Waals surface area contributed by atoms with Crippen LogP contribution in [0.4, 0.5) is 0 Å². The Morgan fingerprint density at radius 3 is 2.55 bits per heavy atom. The van der Waals surface area contributed by atoms with Crippen LogP contribution in [0.5, 0.6) is 0 Å². The van der Waals surface area contributed by atoms with Crippen molar-refractivity contribution in [1.82, 2.24) is 29.2 Å². The molecule has 6 rings (SSSR count). The summed E-state index contributed by atoms with van der Waals surface area (Å²) >= 11 is 0. The number of imidazole rings is 1. The molecule has 2 fully saturated rings. The van der Waals surface area contributed by atoms with Crippen LogP contribution in [0.1, 0.15) is 64.3 Å². The van der Waals surface area contributed by atoms with Crippen LogP contribution < -0.4 is 5.69 Å². The molecular weight excluding hydrogens is 504 g/mol. The predicted molar refractivity (Wildman–Crippen MR) is 156 cm³/mol. The zero-order valence-electron chi connectivity index (χ0n) is 24.1. The lowest BCUT2D eigenvalue weighted by molar-refractivity contribution is 0.0325. The van der Waals surface area contributed by atoms with E-state index >= 15 is 0 Å². The summed E-state index contributed by atoms with van der Waals surface area (Å²) in [6, 6.07) is 10.4. The second-order valence-electron chi connectivity index (χ2n) is 12.1. The van der Waals surface area contributed by atoms with Gasteiger partial charge in [-0.2, -0.15) is 0 Å². The molecule has 0 spiro atoms. The number of piperidine rings is 1. The van der Waals surface area contributed by atoms with Gasteiger partial charge in [-0.1, -0.05) is 26.0 Å². The van der Waals surface area contributed by atoms with Crippen molar-refractivity contribution in [2.75, 3.05) is 39.5 Å². The summed E-state index contributed by atoms with van der Waals surface area (Å²) in [6.45, 7) is 12.1. The third-order valence-electron chi connectivity index (χ3n) is 8.84. The van der Waals surface area contributed by atoms with Crippen LogP contribution in [-0.2, 0) is 16.5 Å². The number of rotatable bonds is 7. The van der Waals surface area contributed by atoms with Gasteiger partial charge >= 0.3 is 5.69 Å². The van der Waals surface area contributed by atoms with Gasteiger partial charge in [-0.3, -0.25) is 14.1 Å². The van der Waals surface area contributed by atoms with Crippen molar-refractivity contribution < 1.29 is 9.47 Å². The third-order valence-corrected chi connectivity index (χ3v) is 8.84. The van der Waals surface area contributed by atoms with Gasteiger partial charge in [0.15, 0.2) is 5.65 Å². The molecule has 2 aliphatic rings. The summed E-state index contributed by atoms with van der Waals surface area (Å²) in [6.07, 6.45) is 5.95. The second kappa shape index (κ2) is 11.0. The third kappa shape index (κ3) is 5.30. The molecule has 4 aromatic rings. The average molecular weight is 545 g/mol. The highest BCUT2D eigenvalue weighted by Gasteiger charge is 2.26. The second-order valence-corrected chi connectivity index (χ2v) is 12.1. The van der Waals surface area contributed by atoms with Crippen molar-refractivity contribution in [3.63, 3.8) is 0 Å². The minimum Gasteiger partial charge on any atom is -0.381 e. The van der Waals surface area contributed by atoms with Crippen LogP contribution in [0.25, 0.3) is 33.2 Å². The summed E-state index contributed by atoms with van der Waals surface area (Å²) in [5.74, 6) is 0. The van der Waals surface area contributed by atoms with E-state index < -0.39 is 0 Å². The van der Waals surface area contributed by atoms with Gasteiger partial charge in [0, 0.05) is 50.0 Å². The first-order chi connectivity index (χ1) is 19.3. The Kier molecular flexibility index (Phi) is 7.46. The zero-order chi connectivity index (χ0) is 27.9. The van der Waals surface area contributed by atoms with E-state index in [0.717, 1.165) is 65.7 Å². The number of ether oxygens (including phenoxy) is 2. The summed E-state index contributed by atoms with van der Waals surface area (Å²) in [5, 5.41) is 9.76. The monoisotopic (exact) mass is 544 g/mol. The van der Waals surface area contributed by atoms with Crippen LogP contribution >= 0.6 is 0 Å². The molecule has 0 radical (unpaired) electrons. The molecule has 9 heteroatoms. The summed E-state index contributed by atoms with van der Waals surface area (Å²) in [4.78, 5) is 20.5. The van der Waals surface area contributed by atoms with Gasteiger partial charge in [-0.05, 0) is 74.9 Å². The van der Waals surface area contributed by atoms with Crippen molar-refractivity contribution in [1.29, 1.82) is 0 Å². The average Bonchev–Trinajstić information content (AvgIpc) is 3.24.